The average molecular weight is 430 g/mol. The van der Waals surface area contributed by atoms with E-state index in [2.05, 4.69) is 27.3 Å². The number of carbonyl (C=O) groups is 1. The molecule has 0 fully saturated rings. The first-order valence-corrected chi connectivity index (χ1v) is 11.3. The zero-order chi connectivity index (χ0) is 21.5. The quantitative estimate of drug-likeness (QED) is 0.442. The van der Waals surface area contributed by atoms with Crippen LogP contribution < -0.4 is 4.90 Å². The van der Waals surface area contributed by atoms with Crippen LogP contribution in [0.3, 0.4) is 0 Å². The number of aromatic nitrogens is 4. The maximum Gasteiger partial charge on any atom is 0.256 e. The molecule has 1 aliphatic heterocycles. The summed E-state index contributed by atoms with van der Waals surface area (Å²) in [5.74, 6) is 0.589. The summed E-state index contributed by atoms with van der Waals surface area (Å²) in [5, 5.41) is 8.85. The number of thioether (sulfide) groups is 1. The third kappa shape index (κ3) is 3.49. The molecule has 2 aromatic carbocycles. The highest BCUT2D eigenvalue weighted by molar-refractivity contribution is 8.00. The molecule has 0 radical (unpaired) electrons. The van der Waals surface area contributed by atoms with Gasteiger partial charge in [0.25, 0.3) is 5.78 Å². The van der Waals surface area contributed by atoms with Crippen LogP contribution in [0.4, 0.5) is 11.4 Å². The fourth-order valence-electron chi connectivity index (χ4n) is 4.18. The highest BCUT2D eigenvalue weighted by Gasteiger charge is 2.30. The lowest BCUT2D eigenvalue weighted by Crippen LogP contribution is -2.33. The molecule has 156 valence electrons. The first kappa shape index (κ1) is 19.8. The number of benzene rings is 2. The molecule has 0 bridgehead atoms. The Bertz CT molecular complexity index is 1250. The fourth-order valence-corrected chi connectivity index (χ4v) is 5.13. The standard InChI is InChI=1S/C24H23N5OS/c1-15-14-16(2)28-23(25-15)26-27-24(28)31-17(3)22(30)29-20-10-6-4-8-18(20)12-13-19-9-5-7-11-21(19)29/h4-11,14,17H,12-13H2,1-3H3/t17-/m1/s1. The Balaban J connectivity index is 1.53. The van der Waals surface area contributed by atoms with Crippen molar-refractivity contribution in [3.63, 3.8) is 0 Å². The summed E-state index contributed by atoms with van der Waals surface area (Å²) in [6, 6.07) is 18.4. The van der Waals surface area contributed by atoms with Crippen LogP contribution in [0.1, 0.15) is 29.4 Å². The molecule has 6 nitrogen and oxygen atoms in total. The van der Waals surface area contributed by atoms with E-state index in [1.54, 1.807) is 0 Å². The maximum absolute atomic E-state index is 13.8. The van der Waals surface area contributed by atoms with Gasteiger partial charge in [-0.3, -0.25) is 14.1 Å². The van der Waals surface area contributed by atoms with Crippen molar-refractivity contribution in [3.05, 3.63) is 77.1 Å². The Hall–Kier alpha value is -3.19. The van der Waals surface area contributed by atoms with E-state index in [0.29, 0.717) is 10.9 Å². The topological polar surface area (TPSA) is 63.4 Å². The Morgan fingerprint density at radius 1 is 0.968 bits per heavy atom. The lowest BCUT2D eigenvalue weighted by Gasteiger charge is -2.27. The first-order valence-electron chi connectivity index (χ1n) is 10.4. The highest BCUT2D eigenvalue weighted by atomic mass is 32.2. The number of aryl methyl sites for hydroxylation is 4. The summed E-state index contributed by atoms with van der Waals surface area (Å²) < 4.78 is 1.91. The zero-order valence-electron chi connectivity index (χ0n) is 17.7. The summed E-state index contributed by atoms with van der Waals surface area (Å²) >= 11 is 1.42. The Morgan fingerprint density at radius 2 is 1.58 bits per heavy atom. The van der Waals surface area contributed by atoms with Gasteiger partial charge in [0.2, 0.25) is 5.91 Å². The molecular formula is C24H23N5OS. The van der Waals surface area contributed by atoms with Crippen LogP contribution in [-0.2, 0) is 17.6 Å². The molecule has 4 aromatic rings. The van der Waals surface area contributed by atoms with Crippen molar-refractivity contribution in [3.8, 4) is 0 Å². The molecule has 1 amide bonds. The van der Waals surface area contributed by atoms with Gasteiger partial charge in [0.1, 0.15) is 0 Å². The number of amides is 1. The van der Waals surface area contributed by atoms with Crippen molar-refractivity contribution < 1.29 is 4.79 Å². The molecule has 0 spiro atoms. The van der Waals surface area contributed by atoms with Gasteiger partial charge in [-0.05, 0) is 62.9 Å². The average Bonchev–Trinajstić information content (AvgIpc) is 3.08. The molecule has 3 heterocycles. The number of nitrogens with zero attached hydrogens (tertiary/aromatic N) is 5. The summed E-state index contributed by atoms with van der Waals surface area (Å²) in [7, 11) is 0. The molecule has 0 unspecified atom stereocenters. The van der Waals surface area contributed by atoms with Gasteiger partial charge in [-0.1, -0.05) is 48.2 Å². The molecule has 0 aliphatic carbocycles. The minimum atomic E-state index is -0.354. The van der Waals surface area contributed by atoms with Crippen molar-refractivity contribution >= 4 is 34.8 Å². The highest BCUT2D eigenvalue weighted by Crippen LogP contribution is 2.38. The van der Waals surface area contributed by atoms with E-state index in [1.807, 2.05) is 72.5 Å². The van der Waals surface area contributed by atoms with E-state index in [0.717, 1.165) is 35.6 Å². The van der Waals surface area contributed by atoms with E-state index in [4.69, 9.17) is 0 Å². The third-order valence-electron chi connectivity index (χ3n) is 5.64. The molecule has 0 N–H and O–H groups in total. The first-order chi connectivity index (χ1) is 15.0. The van der Waals surface area contributed by atoms with Crippen LogP contribution in [0.25, 0.3) is 5.78 Å². The number of fused-ring (bicyclic) bond motifs is 3. The summed E-state index contributed by atoms with van der Waals surface area (Å²) in [6.07, 6.45) is 1.83. The van der Waals surface area contributed by atoms with Gasteiger partial charge in [-0.2, -0.15) is 0 Å². The lowest BCUT2D eigenvalue weighted by molar-refractivity contribution is -0.117. The molecule has 2 aromatic heterocycles. The molecule has 0 saturated carbocycles. The van der Waals surface area contributed by atoms with Crippen LogP contribution in [0.2, 0.25) is 0 Å². The number of anilines is 2. The second-order valence-corrected chi connectivity index (χ2v) is 9.16. The van der Waals surface area contributed by atoms with Gasteiger partial charge >= 0.3 is 0 Å². The smallest absolute Gasteiger partial charge is 0.256 e. The number of hydrogen-bond acceptors (Lipinski definition) is 5. The van der Waals surface area contributed by atoms with Crippen molar-refractivity contribution in [1.29, 1.82) is 0 Å². The Labute approximate surface area is 185 Å². The van der Waals surface area contributed by atoms with Gasteiger partial charge in [-0.15, -0.1) is 10.2 Å². The van der Waals surface area contributed by atoms with Gasteiger partial charge in [0, 0.05) is 11.4 Å². The molecular weight excluding hydrogens is 406 g/mol. The van der Waals surface area contributed by atoms with Crippen molar-refractivity contribution in [1.82, 2.24) is 19.6 Å². The van der Waals surface area contributed by atoms with E-state index >= 15 is 0 Å². The number of carbonyl (C=O) groups excluding carboxylic acids is 1. The molecule has 5 rings (SSSR count). The lowest BCUT2D eigenvalue weighted by atomic mass is 10.0. The van der Waals surface area contributed by atoms with Crippen LogP contribution in [0, 0.1) is 13.8 Å². The van der Waals surface area contributed by atoms with Crippen LogP contribution in [0.15, 0.2) is 59.8 Å². The Kier molecular flexibility index (Phi) is 4.98. The molecule has 0 saturated heterocycles. The molecule has 31 heavy (non-hydrogen) atoms. The van der Waals surface area contributed by atoms with Gasteiger partial charge in [-0.25, -0.2) is 4.98 Å². The van der Waals surface area contributed by atoms with Crippen LogP contribution in [0.5, 0.6) is 0 Å². The minimum Gasteiger partial charge on any atom is -0.280 e. The maximum atomic E-state index is 13.8. The van der Waals surface area contributed by atoms with E-state index in [9.17, 15) is 4.79 Å². The zero-order valence-corrected chi connectivity index (χ0v) is 18.6. The molecule has 1 aliphatic rings. The van der Waals surface area contributed by atoms with Gasteiger partial charge in [0.15, 0.2) is 5.16 Å². The largest absolute Gasteiger partial charge is 0.280 e. The summed E-state index contributed by atoms with van der Waals surface area (Å²) in [6.45, 7) is 5.87. The van der Waals surface area contributed by atoms with E-state index < -0.39 is 0 Å². The second-order valence-electron chi connectivity index (χ2n) is 7.85. The fraction of sp³-hybridized carbons (Fsp3) is 0.250. The number of rotatable bonds is 3. The van der Waals surface area contributed by atoms with Crippen molar-refractivity contribution in [2.75, 3.05) is 4.90 Å². The van der Waals surface area contributed by atoms with Gasteiger partial charge < -0.3 is 0 Å². The molecule has 1 atom stereocenters. The second kappa shape index (κ2) is 7.81. The molecule has 7 heteroatoms. The Morgan fingerprint density at radius 3 is 2.23 bits per heavy atom. The third-order valence-corrected chi connectivity index (χ3v) is 6.67. The SMILES string of the molecule is Cc1cc(C)n2c(S[C@H](C)C(=O)N3c4ccccc4CCc4ccccc43)nnc2n1. The predicted octanol–water partition coefficient (Wildman–Crippen LogP) is 4.69. The number of para-hydroxylation sites is 2. The van der Waals surface area contributed by atoms with Gasteiger partial charge in [0.05, 0.1) is 16.6 Å². The van der Waals surface area contributed by atoms with Crippen molar-refractivity contribution in [2.24, 2.45) is 0 Å². The minimum absolute atomic E-state index is 0.0290. The van der Waals surface area contributed by atoms with E-state index in [-0.39, 0.29) is 11.2 Å². The summed E-state index contributed by atoms with van der Waals surface area (Å²) in [5.41, 5.74) is 6.20. The van der Waals surface area contributed by atoms with Crippen LogP contribution >= 0.6 is 11.8 Å². The predicted molar refractivity (Wildman–Crippen MR) is 123 cm³/mol. The van der Waals surface area contributed by atoms with Crippen LogP contribution in [-0.4, -0.2) is 30.7 Å². The monoisotopic (exact) mass is 429 g/mol. The van der Waals surface area contributed by atoms with E-state index in [1.165, 1.54) is 22.9 Å². The normalized spacial score (nSPS) is 14.1. The number of hydrogen-bond donors (Lipinski definition) is 0. The van der Waals surface area contributed by atoms with Crippen molar-refractivity contribution in [2.45, 2.75) is 44.0 Å². The summed E-state index contributed by atoms with van der Waals surface area (Å²) in [4.78, 5) is 20.1.